The van der Waals surface area contributed by atoms with Crippen molar-refractivity contribution in [2.45, 2.75) is 26.7 Å². The molecule has 3 aromatic carbocycles. The van der Waals surface area contributed by atoms with Crippen LogP contribution in [-0.4, -0.2) is 17.3 Å². The van der Waals surface area contributed by atoms with Crippen molar-refractivity contribution in [1.29, 1.82) is 0 Å². The molecule has 6 heteroatoms. The van der Waals surface area contributed by atoms with Gasteiger partial charge in [0.2, 0.25) is 5.82 Å². The molecular weight excluding hydrogens is 392 g/mol. The van der Waals surface area contributed by atoms with Crippen molar-refractivity contribution in [3.63, 3.8) is 0 Å². The maximum atomic E-state index is 5.94. The molecule has 0 radical (unpaired) electrons. The zero-order valence-electron chi connectivity index (χ0n) is 17.6. The lowest BCUT2D eigenvalue weighted by Gasteiger charge is -2.11. The van der Waals surface area contributed by atoms with Crippen LogP contribution >= 0.6 is 0 Å². The number of ether oxygens (including phenoxy) is 3. The highest BCUT2D eigenvalue weighted by Gasteiger charge is 2.13. The fourth-order valence-electron chi connectivity index (χ4n) is 3.03. The molecule has 0 unspecified atom stereocenters. The van der Waals surface area contributed by atoms with E-state index in [-0.39, 0.29) is 6.61 Å². The minimum absolute atomic E-state index is 0.247. The highest BCUT2D eigenvalue weighted by Crippen LogP contribution is 2.32. The fraction of sp³-hybridized carbons (Fsp3) is 0.200. The maximum Gasteiger partial charge on any atom is 0.252 e. The Hall–Kier alpha value is -3.64. The molecule has 0 fully saturated rings. The Bertz CT molecular complexity index is 1110. The van der Waals surface area contributed by atoms with Gasteiger partial charge in [0.05, 0.1) is 13.7 Å². The normalized spacial score (nSPS) is 10.8. The van der Waals surface area contributed by atoms with Crippen LogP contribution < -0.4 is 9.47 Å². The molecule has 1 aromatic heterocycles. The first-order chi connectivity index (χ1) is 15.2. The van der Waals surface area contributed by atoms with Gasteiger partial charge < -0.3 is 18.7 Å². The van der Waals surface area contributed by atoms with Gasteiger partial charge in [-0.15, -0.1) is 0 Å². The van der Waals surface area contributed by atoms with Crippen molar-refractivity contribution in [3.8, 4) is 22.9 Å². The third kappa shape index (κ3) is 5.49. The summed E-state index contributed by atoms with van der Waals surface area (Å²) in [6, 6.07) is 23.8. The van der Waals surface area contributed by atoms with Crippen molar-refractivity contribution in [2.24, 2.45) is 0 Å². The third-order valence-electron chi connectivity index (χ3n) is 4.74. The van der Waals surface area contributed by atoms with Crippen LogP contribution in [0.4, 0.5) is 0 Å². The molecule has 0 aliphatic carbocycles. The van der Waals surface area contributed by atoms with Gasteiger partial charge in [0.15, 0.2) is 11.5 Å². The van der Waals surface area contributed by atoms with Crippen LogP contribution in [-0.2, 0) is 24.6 Å². The average Bonchev–Trinajstić information content (AvgIpc) is 3.28. The second kappa shape index (κ2) is 9.91. The standard InChI is InChI=1S/C25H24N2O4/c1-18-8-10-20(11-9-18)16-30-22-13-12-21(14-23(22)28-2)25-26-24(31-27-25)17-29-15-19-6-4-3-5-7-19/h3-14H,15-17H2,1-2H3. The summed E-state index contributed by atoms with van der Waals surface area (Å²) in [5.74, 6) is 2.16. The molecule has 4 aromatic rings. The number of methoxy groups -OCH3 is 1. The lowest BCUT2D eigenvalue weighted by atomic mass is 10.1. The van der Waals surface area contributed by atoms with E-state index in [1.54, 1.807) is 7.11 Å². The summed E-state index contributed by atoms with van der Waals surface area (Å²) in [5, 5.41) is 4.06. The van der Waals surface area contributed by atoms with Gasteiger partial charge in [0, 0.05) is 5.56 Å². The molecule has 0 bridgehead atoms. The Morgan fingerprint density at radius 2 is 1.58 bits per heavy atom. The van der Waals surface area contributed by atoms with Crippen molar-refractivity contribution < 1.29 is 18.7 Å². The summed E-state index contributed by atoms with van der Waals surface area (Å²) in [7, 11) is 1.61. The molecule has 0 aliphatic rings. The first kappa shape index (κ1) is 20.6. The van der Waals surface area contributed by atoms with E-state index in [1.165, 1.54) is 5.56 Å². The van der Waals surface area contributed by atoms with Crippen LogP contribution in [0.5, 0.6) is 11.5 Å². The highest BCUT2D eigenvalue weighted by molar-refractivity contribution is 5.60. The zero-order valence-corrected chi connectivity index (χ0v) is 17.6. The summed E-state index contributed by atoms with van der Waals surface area (Å²) in [6.07, 6.45) is 0. The van der Waals surface area contributed by atoms with Gasteiger partial charge >= 0.3 is 0 Å². The molecule has 1 heterocycles. The number of benzene rings is 3. The molecule has 158 valence electrons. The van der Waals surface area contributed by atoms with Crippen molar-refractivity contribution in [2.75, 3.05) is 7.11 Å². The number of hydrogen-bond donors (Lipinski definition) is 0. The van der Waals surface area contributed by atoms with Gasteiger partial charge in [0.25, 0.3) is 5.89 Å². The molecule has 0 saturated heterocycles. The predicted molar refractivity (Wildman–Crippen MR) is 117 cm³/mol. The van der Waals surface area contributed by atoms with Crippen LogP contribution in [0.2, 0.25) is 0 Å². The lowest BCUT2D eigenvalue weighted by Crippen LogP contribution is -1.98. The number of rotatable bonds is 9. The molecule has 0 spiro atoms. The van der Waals surface area contributed by atoms with Crippen molar-refractivity contribution in [1.82, 2.24) is 10.1 Å². The van der Waals surface area contributed by atoms with E-state index >= 15 is 0 Å². The van der Waals surface area contributed by atoms with Gasteiger partial charge in [-0.1, -0.05) is 65.3 Å². The Morgan fingerprint density at radius 1 is 0.806 bits per heavy atom. The van der Waals surface area contributed by atoms with E-state index in [9.17, 15) is 0 Å². The smallest absolute Gasteiger partial charge is 0.252 e. The van der Waals surface area contributed by atoms with Crippen molar-refractivity contribution >= 4 is 0 Å². The van der Waals surface area contributed by atoms with Crippen molar-refractivity contribution in [3.05, 3.63) is 95.4 Å². The fourth-order valence-corrected chi connectivity index (χ4v) is 3.03. The van der Waals surface area contributed by atoms with Crippen LogP contribution in [0.3, 0.4) is 0 Å². The van der Waals surface area contributed by atoms with Crippen LogP contribution in [0.25, 0.3) is 11.4 Å². The van der Waals surface area contributed by atoms with E-state index in [2.05, 4.69) is 41.3 Å². The summed E-state index contributed by atoms with van der Waals surface area (Å²) in [4.78, 5) is 4.42. The predicted octanol–water partition coefficient (Wildman–Crippen LogP) is 5.35. The summed E-state index contributed by atoms with van der Waals surface area (Å²) >= 11 is 0. The number of aryl methyl sites for hydroxylation is 1. The van der Waals surface area contributed by atoms with Gasteiger partial charge in [-0.25, -0.2) is 0 Å². The van der Waals surface area contributed by atoms with Crippen LogP contribution in [0.15, 0.2) is 77.3 Å². The zero-order chi connectivity index (χ0) is 21.5. The quantitative estimate of drug-likeness (QED) is 0.366. The Morgan fingerprint density at radius 3 is 2.35 bits per heavy atom. The van der Waals surface area contributed by atoms with E-state index in [1.807, 2.05) is 48.5 Å². The largest absolute Gasteiger partial charge is 0.493 e. The third-order valence-corrected chi connectivity index (χ3v) is 4.74. The molecule has 0 amide bonds. The first-order valence-electron chi connectivity index (χ1n) is 10.0. The molecule has 4 rings (SSSR count). The van der Waals surface area contributed by atoms with Gasteiger partial charge in [-0.2, -0.15) is 4.98 Å². The summed E-state index contributed by atoms with van der Waals surface area (Å²) in [6.45, 7) is 3.25. The summed E-state index contributed by atoms with van der Waals surface area (Å²) < 4.78 is 22.4. The number of aromatic nitrogens is 2. The van der Waals surface area contributed by atoms with Gasteiger partial charge in [-0.3, -0.25) is 0 Å². The Balaban J connectivity index is 1.38. The average molecular weight is 416 g/mol. The molecule has 31 heavy (non-hydrogen) atoms. The second-order valence-electron chi connectivity index (χ2n) is 7.13. The Kier molecular flexibility index (Phi) is 6.59. The second-order valence-corrected chi connectivity index (χ2v) is 7.13. The molecule has 6 nitrogen and oxygen atoms in total. The maximum absolute atomic E-state index is 5.94. The summed E-state index contributed by atoms with van der Waals surface area (Å²) in [5.41, 5.74) is 4.18. The molecule has 0 aliphatic heterocycles. The van der Waals surface area contributed by atoms with E-state index < -0.39 is 0 Å². The first-order valence-corrected chi connectivity index (χ1v) is 10.0. The minimum atomic E-state index is 0.247. The Labute approximate surface area is 181 Å². The van der Waals surface area contributed by atoms with Gasteiger partial charge in [-0.05, 0) is 36.2 Å². The number of hydrogen-bond acceptors (Lipinski definition) is 6. The number of nitrogens with zero attached hydrogens (tertiary/aromatic N) is 2. The van der Waals surface area contributed by atoms with E-state index in [4.69, 9.17) is 18.7 Å². The minimum Gasteiger partial charge on any atom is -0.493 e. The SMILES string of the molecule is COc1cc(-c2noc(COCc3ccccc3)n2)ccc1OCc1ccc(C)cc1. The molecule has 0 atom stereocenters. The lowest BCUT2D eigenvalue weighted by molar-refractivity contribution is 0.0850. The monoisotopic (exact) mass is 416 g/mol. The topological polar surface area (TPSA) is 66.6 Å². The molecular formula is C25H24N2O4. The van der Waals surface area contributed by atoms with E-state index in [0.29, 0.717) is 36.4 Å². The van der Waals surface area contributed by atoms with Crippen LogP contribution in [0, 0.1) is 6.92 Å². The molecule has 0 saturated carbocycles. The highest BCUT2D eigenvalue weighted by atomic mass is 16.5. The molecule has 0 N–H and O–H groups in total. The van der Waals surface area contributed by atoms with E-state index in [0.717, 1.165) is 16.7 Å². The van der Waals surface area contributed by atoms with Crippen LogP contribution in [0.1, 0.15) is 22.6 Å². The van der Waals surface area contributed by atoms with Gasteiger partial charge in [0.1, 0.15) is 13.2 Å².